The van der Waals surface area contributed by atoms with E-state index in [0.717, 1.165) is 5.01 Å². The summed E-state index contributed by atoms with van der Waals surface area (Å²) in [5.41, 5.74) is -0.574. The zero-order chi connectivity index (χ0) is 14.9. The summed E-state index contributed by atoms with van der Waals surface area (Å²) in [5.74, 6) is 0.0905. The van der Waals surface area contributed by atoms with Crippen LogP contribution in [-0.4, -0.2) is 19.9 Å². The first-order chi connectivity index (χ1) is 9.31. The van der Waals surface area contributed by atoms with Crippen LogP contribution in [0.25, 0.3) is 0 Å². The molecule has 7 nitrogen and oxygen atoms in total. The SMILES string of the molecule is Cc1nc(Cl)nc(NC(C)(C)c2nccs2)c1[N+](=O)[O-]. The fourth-order valence-electron chi connectivity index (χ4n) is 1.72. The highest BCUT2D eigenvalue weighted by molar-refractivity contribution is 7.09. The third kappa shape index (κ3) is 2.86. The van der Waals surface area contributed by atoms with Gasteiger partial charge >= 0.3 is 5.69 Å². The minimum Gasteiger partial charge on any atom is -0.353 e. The van der Waals surface area contributed by atoms with E-state index in [1.807, 2.05) is 19.2 Å². The molecular formula is C11H12ClN5O2S. The molecule has 0 bridgehead atoms. The van der Waals surface area contributed by atoms with Crippen molar-refractivity contribution in [2.75, 3.05) is 5.32 Å². The van der Waals surface area contributed by atoms with Crippen molar-refractivity contribution in [3.8, 4) is 0 Å². The first-order valence-electron chi connectivity index (χ1n) is 5.68. The highest BCUT2D eigenvalue weighted by Gasteiger charge is 2.29. The predicted octanol–water partition coefficient (Wildman–Crippen LogP) is 3.15. The van der Waals surface area contributed by atoms with E-state index in [4.69, 9.17) is 11.6 Å². The standard InChI is InChI=1S/C11H12ClN5O2S/c1-6-7(17(18)19)8(15-10(12)14-6)16-11(2,3)9-13-4-5-20-9/h4-5H,1-3H3,(H,14,15,16). The normalized spacial score (nSPS) is 11.4. The molecule has 0 aliphatic rings. The fourth-order valence-corrected chi connectivity index (χ4v) is 2.65. The van der Waals surface area contributed by atoms with E-state index < -0.39 is 10.5 Å². The van der Waals surface area contributed by atoms with Gasteiger partial charge in [0.25, 0.3) is 0 Å². The second kappa shape index (κ2) is 5.29. The van der Waals surface area contributed by atoms with Gasteiger partial charge in [-0.05, 0) is 32.4 Å². The molecule has 1 N–H and O–H groups in total. The van der Waals surface area contributed by atoms with Gasteiger partial charge in [-0.3, -0.25) is 10.1 Å². The van der Waals surface area contributed by atoms with Gasteiger partial charge in [-0.25, -0.2) is 9.97 Å². The summed E-state index contributed by atoms with van der Waals surface area (Å²) in [4.78, 5) is 22.6. The summed E-state index contributed by atoms with van der Waals surface area (Å²) in [7, 11) is 0. The number of hydrogen-bond acceptors (Lipinski definition) is 7. The molecule has 2 rings (SSSR count). The Bertz CT molecular complexity index is 645. The van der Waals surface area contributed by atoms with Gasteiger partial charge in [0.15, 0.2) is 0 Å². The average Bonchev–Trinajstić information content (AvgIpc) is 2.79. The smallest absolute Gasteiger partial charge is 0.332 e. The molecule has 0 saturated heterocycles. The van der Waals surface area contributed by atoms with Gasteiger partial charge in [0, 0.05) is 11.6 Å². The summed E-state index contributed by atoms with van der Waals surface area (Å²) in [6.07, 6.45) is 1.68. The van der Waals surface area contributed by atoms with Crippen LogP contribution in [0.1, 0.15) is 24.5 Å². The molecule has 0 saturated carbocycles. The molecule has 0 radical (unpaired) electrons. The maximum absolute atomic E-state index is 11.2. The maximum atomic E-state index is 11.2. The van der Waals surface area contributed by atoms with E-state index in [0.29, 0.717) is 0 Å². The van der Waals surface area contributed by atoms with E-state index in [1.54, 1.807) is 6.20 Å². The number of nitrogens with one attached hydrogen (secondary N) is 1. The van der Waals surface area contributed by atoms with E-state index in [1.165, 1.54) is 18.3 Å². The molecule has 0 aliphatic carbocycles. The molecule has 2 aromatic rings. The molecular weight excluding hydrogens is 302 g/mol. The van der Waals surface area contributed by atoms with Gasteiger partial charge in [0.1, 0.15) is 10.7 Å². The van der Waals surface area contributed by atoms with Crippen molar-refractivity contribution in [3.05, 3.63) is 37.7 Å². The van der Waals surface area contributed by atoms with Crippen LogP contribution >= 0.6 is 22.9 Å². The lowest BCUT2D eigenvalue weighted by molar-refractivity contribution is -0.385. The van der Waals surface area contributed by atoms with Gasteiger partial charge in [-0.2, -0.15) is 4.98 Å². The molecule has 106 valence electrons. The third-order valence-electron chi connectivity index (χ3n) is 2.61. The van der Waals surface area contributed by atoms with Crippen molar-refractivity contribution >= 4 is 34.4 Å². The van der Waals surface area contributed by atoms with Crippen molar-refractivity contribution in [1.29, 1.82) is 0 Å². The largest absolute Gasteiger partial charge is 0.353 e. The van der Waals surface area contributed by atoms with Crippen LogP contribution < -0.4 is 5.32 Å². The number of halogens is 1. The monoisotopic (exact) mass is 313 g/mol. The lowest BCUT2D eigenvalue weighted by atomic mass is 10.1. The first kappa shape index (κ1) is 14.6. The Labute approximate surface area is 124 Å². The minimum absolute atomic E-state index is 0.0365. The van der Waals surface area contributed by atoms with Crippen molar-refractivity contribution in [2.24, 2.45) is 0 Å². The quantitative estimate of drug-likeness (QED) is 0.529. The van der Waals surface area contributed by atoms with Crippen LogP contribution in [0.5, 0.6) is 0 Å². The first-order valence-corrected chi connectivity index (χ1v) is 6.93. The van der Waals surface area contributed by atoms with Gasteiger partial charge in [-0.15, -0.1) is 11.3 Å². The zero-order valence-electron chi connectivity index (χ0n) is 11.0. The number of rotatable bonds is 4. The van der Waals surface area contributed by atoms with E-state index in [2.05, 4.69) is 20.3 Å². The van der Waals surface area contributed by atoms with Gasteiger partial charge in [0.05, 0.1) is 10.5 Å². The molecule has 20 heavy (non-hydrogen) atoms. The number of nitro groups is 1. The van der Waals surface area contributed by atoms with Crippen LogP contribution in [0, 0.1) is 17.0 Å². The van der Waals surface area contributed by atoms with Crippen LogP contribution in [0.15, 0.2) is 11.6 Å². The van der Waals surface area contributed by atoms with Crippen LogP contribution in [0.2, 0.25) is 5.28 Å². The Kier molecular flexibility index (Phi) is 3.87. The molecule has 0 atom stereocenters. The van der Waals surface area contributed by atoms with E-state index >= 15 is 0 Å². The number of aryl methyl sites for hydroxylation is 1. The van der Waals surface area contributed by atoms with Gasteiger partial charge < -0.3 is 5.32 Å². The van der Waals surface area contributed by atoms with Crippen molar-refractivity contribution < 1.29 is 4.92 Å². The summed E-state index contributed by atoms with van der Waals surface area (Å²) < 4.78 is 0. The number of thiazole rings is 1. The minimum atomic E-state index is -0.608. The zero-order valence-corrected chi connectivity index (χ0v) is 12.6. The summed E-state index contributed by atoms with van der Waals surface area (Å²) in [6, 6.07) is 0. The Morgan fingerprint density at radius 1 is 1.45 bits per heavy atom. The fraction of sp³-hybridized carbons (Fsp3) is 0.364. The molecule has 0 aliphatic heterocycles. The van der Waals surface area contributed by atoms with E-state index in [9.17, 15) is 10.1 Å². The lowest BCUT2D eigenvalue weighted by Gasteiger charge is -2.24. The Morgan fingerprint density at radius 3 is 2.70 bits per heavy atom. The van der Waals surface area contributed by atoms with Crippen LogP contribution in [0.3, 0.4) is 0 Å². The highest BCUT2D eigenvalue weighted by Crippen LogP contribution is 2.32. The Hall–Kier alpha value is -1.80. The van der Waals surface area contributed by atoms with Crippen molar-refractivity contribution in [1.82, 2.24) is 15.0 Å². The number of hydrogen-bond donors (Lipinski definition) is 1. The lowest BCUT2D eigenvalue weighted by Crippen LogP contribution is -2.29. The molecule has 2 aromatic heterocycles. The summed E-state index contributed by atoms with van der Waals surface area (Å²) >= 11 is 7.23. The average molecular weight is 314 g/mol. The van der Waals surface area contributed by atoms with Gasteiger partial charge in [0.2, 0.25) is 11.1 Å². The molecule has 9 heteroatoms. The molecule has 0 spiro atoms. The van der Waals surface area contributed by atoms with Crippen LogP contribution in [-0.2, 0) is 5.54 Å². The maximum Gasteiger partial charge on any atom is 0.332 e. The second-order valence-electron chi connectivity index (χ2n) is 4.62. The van der Waals surface area contributed by atoms with Gasteiger partial charge in [-0.1, -0.05) is 0 Å². The Morgan fingerprint density at radius 2 is 2.15 bits per heavy atom. The molecule has 0 unspecified atom stereocenters. The predicted molar refractivity (Wildman–Crippen MR) is 77.2 cm³/mol. The summed E-state index contributed by atoms with van der Waals surface area (Å²) in [5, 5.41) is 16.8. The molecule has 0 aromatic carbocycles. The number of aromatic nitrogens is 3. The summed E-state index contributed by atoms with van der Waals surface area (Å²) in [6.45, 7) is 5.25. The Balaban J connectivity index is 2.46. The number of nitrogens with zero attached hydrogens (tertiary/aromatic N) is 4. The highest BCUT2D eigenvalue weighted by atomic mass is 35.5. The molecule has 2 heterocycles. The molecule has 0 amide bonds. The third-order valence-corrected chi connectivity index (χ3v) is 3.88. The second-order valence-corrected chi connectivity index (χ2v) is 5.85. The van der Waals surface area contributed by atoms with Crippen molar-refractivity contribution in [2.45, 2.75) is 26.3 Å². The van der Waals surface area contributed by atoms with Crippen molar-refractivity contribution in [3.63, 3.8) is 0 Å². The molecule has 0 fully saturated rings. The number of anilines is 1. The van der Waals surface area contributed by atoms with Crippen LogP contribution in [0.4, 0.5) is 11.5 Å². The van der Waals surface area contributed by atoms with E-state index in [-0.39, 0.29) is 22.5 Å². The topological polar surface area (TPSA) is 93.8 Å².